The van der Waals surface area contributed by atoms with Gasteiger partial charge < -0.3 is 15.0 Å². The average molecular weight is 250 g/mol. The number of H-pyrrole nitrogens is 1. The first kappa shape index (κ1) is 13.1. The minimum Gasteiger partial charge on any atom is -0.481 e. The quantitative estimate of drug-likeness (QED) is 0.859. The van der Waals surface area contributed by atoms with Crippen LogP contribution in [-0.2, 0) is 11.2 Å². The number of hydrogen-bond donors (Lipinski definition) is 2. The molecule has 0 aliphatic carbocycles. The zero-order valence-corrected chi connectivity index (χ0v) is 11.2. The molecule has 0 radical (unpaired) electrons. The molecule has 0 bridgehead atoms. The van der Waals surface area contributed by atoms with Gasteiger partial charge >= 0.3 is 5.97 Å². The molecule has 1 aromatic heterocycles. The Hall–Kier alpha value is -1.29. The van der Waals surface area contributed by atoms with Gasteiger partial charge in [0.1, 0.15) is 0 Å². The van der Waals surface area contributed by atoms with Crippen molar-refractivity contribution in [3.8, 4) is 0 Å². The van der Waals surface area contributed by atoms with Crippen molar-refractivity contribution in [1.82, 2.24) is 9.88 Å². The largest absolute Gasteiger partial charge is 0.481 e. The molecular formula is C14H22N2O2. The summed E-state index contributed by atoms with van der Waals surface area (Å²) in [6.07, 6.45) is 2.83. The summed E-state index contributed by atoms with van der Waals surface area (Å²) in [7, 11) is 0. The highest BCUT2D eigenvalue weighted by molar-refractivity contribution is 5.70. The summed E-state index contributed by atoms with van der Waals surface area (Å²) in [5.74, 6) is -0.818. The topological polar surface area (TPSA) is 56.3 Å². The fourth-order valence-corrected chi connectivity index (χ4v) is 2.78. The van der Waals surface area contributed by atoms with Crippen molar-refractivity contribution in [2.24, 2.45) is 5.92 Å². The van der Waals surface area contributed by atoms with E-state index in [4.69, 9.17) is 5.11 Å². The van der Waals surface area contributed by atoms with Gasteiger partial charge in [-0.05, 0) is 51.3 Å². The molecule has 0 saturated carbocycles. The van der Waals surface area contributed by atoms with Crippen molar-refractivity contribution in [3.05, 3.63) is 23.0 Å². The molecule has 2 rings (SSSR count). The Morgan fingerprint density at radius 1 is 1.56 bits per heavy atom. The van der Waals surface area contributed by atoms with Crippen LogP contribution >= 0.6 is 0 Å². The van der Waals surface area contributed by atoms with E-state index in [2.05, 4.69) is 29.8 Å². The summed E-state index contributed by atoms with van der Waals surface area (Å²) < 4.78 is 0. The molecule has 1 aromatic rings. The number of rotatable bonds is 4. The standard InChI is InChI=1S/C14H22N2O2/c1-10-8-12(11(2)15-10)5-7-16-6-3-4-13(9-16)14(17)18/h8,13,15H,3-7,9H2,1-2H3,(H,17,18). The highest BCUT2D eigenvalue weighted by Gasteiger charge is 2.24. The summed E-state index contributed by atoms with van der Waals surface area (Å²) >= 11 is 0. The number of hydrogen-bond acceptors (Lipinski definition) is 2. The number of carboxylic acids is 1. The molecule has 100 valence electrons. The van der Waals surface area contributed by atoms with Gasteiger partial charge in [0, 0.05) is 24.5 Å². The van der Waals surface area contributed by atoms with Crippen LogP contribution in [0.2, 0.25) is 0 Å². The summed E-state index contributed by atoms with van der Waals surface area (Å²) in [5.41, 5.74) is 3.79. The van der Waals surface area contributed by atoms with Crippen LogP contribution in [0.5, 0.6) is 0 Å². The second-order valence-electron chi connectivity index (χ2n) is 5.33. The smallest absolute Gasteiger partial charge is 0.307 e. The van der Waals surface area contributed by atoms with Gasteiger partial charge in [-0.2, -0.15) is 0 Å². The van der Waals surface area contributed by atoms with Crippen LogP contribution in [0.1, 0.15) is 29.8 Å². The zero-order valence-electron chi connectivity index (χ0n) is 11.2. The number of aliphatic carboxylic acids is 1. The molecule has 2 N–H and O–H groups in total. The molecule has 18 heavy (non-hydrogen) atoms. The minimum atomic E-state index is -0.645. The summed E-state index contributed by atoms with van der Waals surface area (Å²) in [5, 5.41) is 9.06. The third-order valence-corrected chi connectivity index (χ3v) is 3.81. The normalized spacial score (nSPS) is 21.1. The second-order valence-corrected chi connectivity index (χ2v) is 5.33. The molecule has 2 heterocycles. The lowest BCUT2D eigenvalue weighted by Crippen LogP contribution is -2.39. The third kappa shape index (κ3) is 3.13. The van der Waals surface area contributed by atoms with E-state index in [1.807, 2.05) is 0 Å². The van der Waals surface area contributed by atoms with Crippen LogP contribution in [-0.4, -0.2) is 40.6 Å². The summed E-state index contributed by atoms with van der Waals surface area (Å²) in [6, 6.07) is 2.19. The van der Waals surface area contributed by atoms with Crippen molar-refractivity contribution in [1.29, 1.82) is 0 Å². The van der Waals surface area contributed by atoms with Crippen LogP contribution in [0.4, 0.5) is 0 Å². The third-order valence-electron chi connectivity index (χ3n) is 3.81. The number of carboxylic acid groups (broad SMARTS) is 1. The van der Waals surface area contributed by atoms with Crippen LogP contribution in [0.3, 0.4) is 0 Å². The fourth-order valence-electron chi connectivity index (χ4n) is 2.78. The van der Waals surface area contributed by atoms with Crippen molar-refractivity contribution >= 4 is 5.97 Å². The van der Waals surface area contributed by atoms with Crippen molar-refractivity contribution < 1.29 is 9.90 Å². The lowest BCUT2D eigenvalue weighted by atomic mass is 9.98. The molecule has 0 aromatic carbocycles. The maximum absolute atomic E-state index is 11.0. The minimum absolute atomic E-state index is 0.173. The molecule has 1 aliphatic rings. The predicted molar refractivity (Wildman–Crippen MR) is 70.8 cm³/mol. The van der Waals surface area contributed by atoms with Gasteiger partial charge in [0.25, 0.3) is 0 Å². The van der Waals surface area contributed by atoms with E-state index in [-0.39, 0.29) is 5.92 Å². The van der Waals surface area contributed by atoms with Gasteiger partial charge in [-0.25, -0.2) is 0 Å². The van der Waals surface area contributed by atoms with E-state index in [1.54, 1.807) is 0 Å². The first-order chi connectivity index (χ1) is 8.56. The van der Waals surface area contributed by atoms with Gasteiger partial charge in [0.2, 0.25) is 0 Å². The number of carbonyl (C=O) groups is 1. The average Bonchev–Trinajstić information content (AvgIpc) is 2.65. The Labute approximate surface area is 108 Å². The predicted octanol–water partition coefficient (Wildman–Crippen LogP) is 1.97. The SMILES string of the molecule is Cc1cc(CCN2CCCC(C(=O)O)C2)c(C)[nH]1. The highest BCUT2D eigenvalue weighted by Crippen LogP contribution is 2.18. The molecule has 1 saturated heterocycles. The van der Waals surface area contributed by atoms with Crippen LogP contribution in [0.25, 0.3) is 0 Å². The first-order valence-corrected chi connectivity index (χ1v) is 6.66. The van der Waals surface area contributed by atoms with Gasteiger partial charge in [0.15, 0.2) is 0 Å². The Bertz CT molecular complexity index is 425. The molecule has 1 unspecified atom stereocenters. The highest BCUT2D eigenvalue weighted by atomic mass is 16.4. The number of aromatic nitrogens is 1. The first-order valence-electron chi connectivity index (χ1n) is 6.66. The molecule has 1 aliphatic heterocycles. The number of likely N-dealkylation sites (tertiary alicyclic amines) is 1. The number of nitrogens with one attached hydrogen (secondary N) is 1. The van der Waals surface area contributed by atoms with Crippen LogP contribution in [0.15, 0.2) is 6.07 Å². The van der Waals surface area contributed by atoms with Crippen LogP contribution in [0, 0.1) is 19.8 Å². The lowest BCUT2D eigenvalue weighted by molar-refractivity contribution is -0.143. The maximum Gasteiger partial charge on any atom is 0.307 e. The Morgan fingerprint density at radius 3 is 2.94 bits per heavy atom. The molecule has 4 heteroatoms. The number of aryl methyl sites for hydroxylation is 2. The summed E-state index contributed by atoms with van der Waals surface area (Å²) in [6.45, 7) is 6.86. The van der Waals surface area contributed by atoms with Gasteiger partial charge in [0.05, 0.1) is 5.92 Å². The molecular weight excluding hydrogens is 228 g/mol. The van der Waals surface area contributed by atoms with Crippen LogP contribution < -0.4 is 0 Å². The fraction of sp³-hybridized carbons (Fsp3) is 0.643. The molecule has 4 nitrogen and oxygen atoms in total. The number of piperidine rings is 1. The zero-order chi connectivity index (χ0) is 13.1. The Balaban J connectivity index is 1.86. The van der Waals surface area contributed by atoms with E-state index in [0.29, 0.717) is 6.54 Å². The lowest BCUT2D eigenvalue weighted by Gasteiger charge is -2.30. The van der Waals surface area contributed by atoms with E-state index in [9.17, 15) is 4.79 Å². The summed E-state index contributed by atoms with van der Waals surface area (Å²) in [4.78, 5) is 16.6. The van der Waals surface area contributed by atoms with Crippen molar-refractivity contribution in [3.63, 3.8) is 0 Å². The number of aromatic amines is 1. The molecule has 1 fully saturated rings. The molecule has 0 spiro atoms. The van der Waals surface area contributed by atoms with Gasteiger partial charge in [-0.3, -0.25) is 4.79 Å². The Morgan fingerprint density at radius 2 is 2.33 bits per heavy atom. The molecule has 0 amide bonds. The van der Waals surface area contributed by atoms with E-state index in [1.165, 1.54) is 17.0 Å². The van der Waals surface area contributed by atoms with Gasteiger partial charge in [-0.15, -0.1) is 0 Å². The van der Waals surface area contributed by atoms with E-state index >= 15 is 0 Å². The van der Waals surface area contributed by atoms with Crippen molar-refractivity contribution in [2.45, 2.75) is 33.1 Å². The maximum atomic E-state index is 11.0. The second kappa shape index (κ2) is 5.57. The Kier molecular flexibility index (Phi) is 4.07. The van der Waals surface area contributed by atoms with Gasteiger partial charge in [-0.1, -0.05) is 0 Å². The number of nitrogens with zero attached hydrogens (tertiary/aromatic N) is 1. The monoisotopic (exact) mass is 250 g/mol. The van der Waals surface area contributed by atoms with E-state index in [0.717, 1.165) is 32.4 Å². The van der Waals surface area contributed by atoms with Crippen molar-refractivity contribution in [2.75, 3.05) is 19.6 Å². The van der Waals surface area contributed by atoms with E-state index < -0.39 is 5.97 Å². The molecule has 1 atom stereocenters.